The molecule has 0 spiro atoms. The van der Waals surface area contributed by atoms with E-state index in [-0.39, 0.29) is 23.3 Å². The van der Waals surface area contributed by atoms with Crippen LogP contribution in [-0.2, 0) is 21.2 Å². The Balaban J connectivity index is 1.52. The molecule has 2 fully saturated rings. The van der Waals surface area contributed by atoms with Gasteiger partial charge in [0.2, 0.25) is 5.91 Å². The highest BCUT2D eigenvalue weighted by Crippen LogP contribution is 2.22. The number of carbonyl (C=O) groups excluding carboxylic acids is 1. The molecule has 6 heteroatoms. The zero-order chi connectivity index (χ0) is 16.4. The molecule has 1 amide bonds. The number of piperazine rings is 1. The van der Waals surface area contributed by atoms with E-state index in [0.717, 1.165) is 19.6 Å². The lowest BCUT2D eigenvalue weighted by molar-refractivity contribution is -0.136. The van der Waals surface area contributed by atoms with Gasteiger partial charge in [0, 0.05) is 32.7 Å². The third-order valence-electron chi connectivity index (χ3n) is 4.92. The Bertz CT molecular complexity index is 679. The molecule has 0 saturated carbocycles. The molecule has 126 valence electrons. The van der Waals surface area contributed by atoms with Crippen LogP contribution in [0.3, 0.4) is 0 Å². The van der Waals surface area contributed by atoms with Crippen molar-refractivity contribution < 1.29 is 13.2 Å². The van der Waals surface area contributed by atoms with Crippen molar-refractivity contribution in [1.82, 2.24) is 9.80 Å². The lowest BCUT2D eigenvalue weighted by Crippen LogP contribution is -2.50. The maximum absolute atomic E-state index is 12.5. The predicted molar refractivity (Wildman–Crippen MR) is 89.8 cm³/mol. The molecule has 2 aliphatic rings. The van der Waals surface area contributed by atoms with Crippen molar-refractivity contribution in [3.63, 3.8) is 0 Å². The first kappa shape index (κ1) is 16.5. The average molecular weight is 336 g/mol. The minimum absolute atomic E-state index is 0.0293. The summed E-state index contributed by atoms with van der Waals surface area (Å²) in [6.07, 6.45) is 0.491. The second-order valence-corrected chi connectivity index (χ2v) is 8.86. The normalized spacial score (nSPS) is 24.7. The molecule has 0 aliphatic carbocycles. The predicted octanol–water partition coefficient (Wildman–Crippen LogP) is 1.07. The second kappa shape index (κ2) is 6.61. The van der Waals surface area contributed by atoms with E-state index in [9.17, 15) is 13.2 Å². The number of aryl methyl sites for hydroxylation is 1. The lowest BCUT2D eigenvalue weighted by atomic mass is 10.1. The summed E-state index contributed by atoms with van der Waals surface area (Å²) in [5.41, 5.74) is 2.62. The molecule has 1 aromatic carbocycles. The van der Waals surface area contributed by atoms with Crippen molar-refractivity contribution in [2.24, 2.45) is 5.92 Å². The molecule has 1 aromatic rings. The van der Waals surface area contributed by atoms with Crippen LogP contribution >= 0.6 is 0 Å². The van der Waals surface area contributed by atoms with Crippen LogP contribution in [0.1, 0.15) is 17.5 Å². The van der Waals surface area contributed by atoms with E-state index in [2.05, 4.69) is 30.0 Å². The molecule has 0 N–H and O–H groups in total. The van der Waals surface area contributed by atoms with Crippen LogP contribution < -0.4 is 0 Å². The first-order valence-corrected chi connectivity index (χ1v) is 10.0. The summed E-state index contributed by atoms with van der Waals surface area (Å²) >= 11 is 0. The third kappa shape index (κ3) is 3.93. The monoisotopic (exact) mass is 336 g/mol. The summed E-state index contributed by atoms with van der Waals surface area (Å²) in [5.74, 6) is -0.0872. The second-order valence-electron chi connectivity index (χ2n) is 6.63. The van der Waals surface area contributed by atoms with Crippen molar-refractivity contribution in [2.45, 2.75) is 19.9 Å². The largest absolute Gasteiger partial charge is 0.340 e. The highest BCUT2D eigenvalue weighted by molar-refractivity contribution is 7.91. The average Bonchev–Trinajstić information content (AvgIpc) is 2.90. The van der Waals surface area contributed by atoms with Gasteiger partial charge in [0.15, 0.2) is 9.84 Å². The van der Waals surface area contributed by atoms with Gasteiger partial charge in [0.05, 0.1) is 17.4 Å². The van der Waals surface area contributed by atoms with E-state index < -0.39 is 9.84 Å². The molecular weight excluding hydrogens is 312 g/mol. The van der Waals surface area contributed by atoms with E-state index in [4.69, 9.17) is 0 Å². The van der Waals surface area contributed by atoms with E-state index in [1.165, 1.54) is 11.1 Å². The highest BCUT2D eigenvalue weighted by Gasteiger charge is 2.36. The van der Waals surface area contributed by atoms with Gasteiger partial charge >= 0.3 is 0 Å². The number of amides is 1. The van der Waals surface area contributed by atoms with E-state index in [0.29, 0.717) is 19.5 Å². The maximum atomic E-state index is 12.5. The van der Waals surface area contributed by atoms with Gasteiger partial charge in [-0.2, -0.15) is 0 Å². The number of benzene rings is 1. The molecule has 2 aliphatic heterocycles. The number of rotatable bonds is 3. The first-order chi connectivity index (χ1) is 10.9. The number of hydrogen-bond acceptors (Lipinski definition) is 4. The molecule has 3 rings (SSSR count). The smallest absolute Gasteiger partial charge is 0.226 e. The molecular formula is C17H24N2O3S. The fourth-order valence-corrected chi connectivity index (χ4v) is 5.14. The Labute approximate surface area is 138 Å². The van der Waals surface area contributed by atoms with Crippen molar-refractivity contribution >= 4 is 15.7 Å². The van der Waals surface area contributed by atoms with Gasteiger partial charge in [-0.25, -0.2) is 8.42 Å². The molecule has 23 heavy (non-hydrogen) atoms. The van der Waals surface area contributed by atoms with Gasteiger partial charge in [-0.1, -0.05) is 24.3 Å². The summed E-state index contributed by atoms with van der Waals surface area (Å²) in [6, 6.07) is 8.37. The Morgan fingerprint density at radius 1 is 1.17 bits per heavy atom. The van der Waals surface area contributed by atoms with Crippen LogP contribution in [0, 0.1) is 12.8 Å². The fraction of sp³-hybridized carbons (Fsp3) is 0.588. The van der Waals surface area contributed by atoms with Gasteiger partial charge in [0.25, 0.3) is 0 Å². The zero-order valence-corrected chi connectivity index (χ0v) is 14.4. The van der Waals surface area contributed by atoms with Gasteiger partial charge in [-0.3, -0.25) is 9.69 Å². The molecule has 1 atom stereocenters. The van der Waals surface area contributed by atoms with Crippen molar-refractivity contribution in [3.8, 4) is 0 Å². The molecule has 0 bridgehead atoms. The van der Waals surface area contributed by atoms with Gasteiger partial charge in [-0.05, 0) is 24.5 Å². The van der Waals surface area contributed by atoms with E-state index >= 15 is 0 Å². The highest BCUT2D eigenvalue weighted by atomic mass is 32.2. The Morgan fingerprint density at radius 2 is 1.87 bits per heavy atom. The van der Waals surface area contributed by atoms with Gasteiger partial charge in [-0.15, -0.1) is 0 Å². The molecule has 0 aromatic heterocycles. The molecule has 0 unspecified atom stereocenters. The van der Waals surface area contributed by atoms with Crippen molar-refractivity contribution in [2.75, 3.05) is 37.7 Å². The summed E-state index contributed by atoms with van der Waals surface area (Å²) < 4.78 is 23.1. The molecule has 5 nitrogen and oxygen atoms in total. The number of hydrogen-bond donors (Lipinski definition) is 0. The van der Waals surface area contributed by atoms with Crippen LogP contribution in [0.25, 0.3) is 0 Å². The number of carbonyl (C=O) groups is 1. The quantitative estimate of drug-likeness (QED) is 0.829. The number of nitrogens with zero attached hydrogens (tertiary/aromatic N) is 2. The molecule has 2 heterocycles. The minimum atomic E-state index is -2.99. The zero-order valence-electron chi connectivity index (χ0n) is 13.6. The fourth-order valence-electron chi connectivity index (χ4n) is 3.40. The molecule has 2 saturated heterocycles. The van der Waals surface area contributed by atoms with Crippen LogP contribution in [0.15, 0.2) is 24.3 Å². The summed E-state index contributed by atoms with van der Waals surface area (Å²) in [4.78, 5) is 16.7. The van der Waals surface area contributed by atoms with Crippen LogP contribution in [-0.4, -0.2) is 61.8 Å². The molecule has 0 radical (unpaired) electrons. The standard InChI is InChI=1S/C17H24N2O3S/c1-14-4-2-3-5-15(14)12-18-7-9-19(10-8-18)17(20)16-6-11-23(21,22)13-16/h2-5,16H,6-13H2,1H3/t16-/m1/s1. The third-order valence-corrected chi connectivity index (χ3v) is 6.69. The maximum Gasteiger partial charge on any atom is 0.226 e. The Kier molecular flexibility index (Phi) is 4.73. The van der Waals surface area contributed by atoms with Crippen molar-refractivity contribution in [3.05, 3.63) is 35.4 Å². The first-order valence-electron chi connectivity index (χ1n) is 8.21. The van der Waals surface area contributed by atoms with Crippen molar-refractivity contribution in [1.29, 1.82) is 0 Å². The van der Waals surface area contributed by atoms with E-state index in [1.807, 2.05) is 11.0 Å². The topological polar surface area (TPSA) is 57.7 Å². The summed E-state index contributed by atoms with van der Waals surface area (Å²) in [5, 5.41) is 0. The van der Waals surface area contributed by atoms with Crippen LogP contribution in [0.5, 0.6) is 0 Å². The Hall–Kier alpha value is -1.40. The van der Waals surface area contributed by atoms with Crippen LogP contribution in [0.2, 0.25) is 0 Å². The Morgan fingerprint density at radius 3 is 2.48 bits per heavy atom. The van der Waals surface area contributed by atoms with Gasteiger partial charge < -0.3 is 4.90 Å². The summed E-state index contributed by atoms with van der Waals surface area (Å²) in [7, 11) is -2.99. The van der Waals surface area contributed by atoms with E-state index in [1.54, 1.807) is 0 Å². The SMILES string of the molecule is Cc1ccccc1CN1CCN(C(=O)[C@@H]2CCS(=O)(=O)C2)CC1. The van der Waals surface area contributed by atoms with Crippen LogP contribution in [0.4, 0.5) is 0 Å². The summed E-state index contributed by atoms with van der Waals surface area (Å²) in [6.45, 7) is 6.11. The number of sulfone groups is 1. The van der Waals surface area contributed by atoms with Gasteiger partial charge in [0.1, 0.15) is 0 Å². The lowest BCUT2D eigenvalue weighted by Gasteiger charge is -2.36. The minimum Gasteiger partial charge on any atom is -0.340 e.